The normalized spacial score (nSPS) is 14.0. The number of benzene rings is 3. The van der Waals surface area contributed by atoms with E-state index in [2.05, 4.69) is 0 Å². The van der Waals surface area contributed by atoms with E-state index in [1.54, 1.807) is 24.3 Å². The van der Waals surface area contributed by atoms with E-state index < -0.39 is 30.4 Å². The zero-order valence-electron chi connectivity index (χ0n) is 15.6. The van der Waals surface area contributed by atoms with E-state index in [4.69, 9.17) is 4.74 Å². The van der Waals surface area contributed by atoms with Crippen LogP contribution in [0.3, 0.4) is 0 Å². The van der Waals surface area contributed by atoms with Crippen LogP contribution >= 0.6 is 0 Å². The smallest absolute Gasteiger partial charge is 0.329 e. The Kier molecular flexibility index (Phi) is 4.68. The third-order valence-corrected chi connectivity index (χ3v) is 4.97. The maximum absolute atomic E-state index is 12.5. The van der Waals surface area contributed by atoms with E-state index in [9.17, 15) is 19.2 Å². The number of Topliss-reactive ketones (excluding diaryl/α,β-unsaturated/α-hetero) is 1. The number of imide groups is 1. The number of carbonyl (C=O) groups excluding carboxylic acids is 4. The quantitative estimate of drug-likeness (QED) is 0.381. The summed E-state index contributed by atoms with van der Waals surface area (Å²) in [5.74, 6) is -2.26. The minimum atomic E-state index is -1.13. The Hall–Kier alpha value is -3.80. The number of esters is 1. The van der Waals surface area contributed by atoms with Gasteiger partial charge in [0.25, 0.3) is 11.8 Å². The van der Waals surface area contributed by atoms with Gasteiger partial charge in [-0.05, 0) is 35.9 Å². The molecule has 0 fully saturated rings. The fourth-order valence-corrected chi connectivity index (χ4v) is 3.37. The summed E-state index contributed by atoms with van der Waals surface area (Å²) < 4.78 is 5.11. The van der Waals surface area contributed by atoms with Gasteiger partial charge in [0.2, 0.25) is 0 Å². The number of amides is 2. The van der Waals surface area contributed by atoms with Crippen molar-refractivity contribution in [3.05, 3.63) is 83.4 Å². The van der Waals surface area contributed by atoms with Crippen molar-refractivity contribution in [2.45, 2.75) is 13.0 Å². The summed E-state index contributed by atoms with van der Waals surface area (Å²) in [6.07, 6.45) is 0. The summed E-state index contributed by atoms with van der Waals surface area (Å²) in [5.41, 5.74) is 0.929. The molecule has 144 valence electrons. The van der Waals surface area contributed by atoms with Crippen LogP contribution in [0.1, 0.15) is 38.0 Å². The van der Waals surface area contributed by atoms with Crippen molar-refractivity contribution in [1.29, 1.82) is 0 Å². The van der Waals surface area contributed by atoms with Gasteiger partial charge in [-0.2, -0.15) is 0 Å². The molecule has 0 aliphatic carbocycles. The van der Waals surface area contributed by atoms with Crippen LogP contribution in [0.2, 0.25) is 0 Å². The van der Waals surface area contributed by atoms with Crippen LogP contribution in [-0.4, -0.2) is 41.1 Å². The summed E-state index contributed by atoms with van der Waals surface area (Å²) in [4.78, 5) is 50.6. The first-order valence-corrected chi connectivity index (χ1v) is 9.13. The Labute approximate surface area is 166 Å². The molecule has 29 heavy (non-hydrogen) atoms. The Morgan fingerprint density at radius 3 is 2.10 bits per heavy atom. The van der Waals surface area contributed by atoms with Gasteiger partial charge in [0, 0.05) is 5.56 Å². The molecular weight excluding hydrogens is 370 g/mol. The lowest BCUT2D eigenvalue weighted by atomic mass is 10.0. The highest BCUT2D eigenvalue weighted by molar-refractivity contribution is 6.22. The van der Waals surface area contributed by atoms with Crippen LogP contribution in [0.5, 0.6) is 0 Å². The number of hydrogen-bond donors (Lipinski definition) is 0. The molecule has 1 atom stereocenters. The molecule has 2 amide bonds. The second-order valence-electron chi connectivity index (χ2n) is 6.79. The van der Waals surface area contributed by atoms with Crippen molar-refractivity contribution in [2.75, 3.05) is 6.61 Å². The molecule has 0 radical (unpaired) electrons. The second-order valence-corrected chi connectivity index (χ2v) is 6.79. The number of hydrogen-bond acceptors (Lipinski definition) is 5. The SMILES string of the molecule is CC(C(=O)OCC(=O)c1ccc2ccccc2c1)N1C(=O)c2ccccc2C1=O. The van der Waals surface area contributed by atoms with Gasteiger partial charge >= 0.3 is 5.97 Å². The molecule has 4 rings (SSSR count). The maximum Gasteiger partial charge on any atom is 0.329 e. The lowest BCUT2D eigenvalue weighted by Crippen LogP contribution is -2.44. The van der Waals surface area contributed by atoms with Crippen LogP contribution in [0, 0.1) is 0 Å². The van der Waals surface area contributed by atoms with Crippen LogP contribution in [0.15, 0.2) is 66.7 Å². The molecule has 0 bridgehead atoms. The van der Waals surface area contributed by atoms with Crippen LogP contribution < -0.4 is 0 Å². The zero-order valence-corrected chi connectivity index (χ0v) is 15.6. The Morgan fingerprint density at radius 2 is 1.45 bits per heavy atom. The number of rotatable bonds is 5. The van der Waals surface area contributed by atoms with Crippen molar-refractivity contribution >= 4 is 34.3 Å². The fourth-order valence-electron chi connectivity index (χ4n) is 3.37. The van der Waals surface area contributed by atoms with Crippen molar-refractivity contribution in [3.63, 3.8) is 0 Å². The summed E-state index contributed by atoms with van der Waals surface area (Å²) in [7, 11) is 0. The fraction of sp³-hybridized carbons (Fsp3) is 0.130. The van der Waals surface area contributed by atoms with E-state index in [1.165, 1.54) is 19.1 Å². The Balaban J connectivity index is 1.43. The summed E-state index contributed by atoms with van der Waals surface area (Å²) in [6.45, 7) is 0.940. The number of fused-ring (bicyclic) bond motifs is 2. The zero-order chi connectivity index (χ0) is 20.5. The molecule has 6 heteroatoms. The average molecular weight is 387 g/mol. The maximum atomic E-state index is 12.5. The monoisotopic (exact) mass is 387 g/mol. The topological polar surface area (TPSA) is 80.8 Å². The summed E-state index contributed by atoms with van der Waals surface area (Å²) >= 11 is 0. The average Bonchev–Trinajstić information content (AvgIpc) is 3.01. The van der Waals surface area contributed by atoms with Gasteiger partial charge in [-0.15, -0.1) is 0 Å². The van der Waals surface area contributed by atoms with Crippen molar-refractivity contribution in [1.82, 2.24) is 4.90 Å². The van der Waals surface area contributed by atoms with Gasteiger partial charge in [0.15, 0.2) is 12.4 Å². The van der Waals surface area contributed by atoms with Gasteiger partial charge in [-0.25, -0.2) is 4.79 Å². The van der Waals surface area contributed by atoms with Crippen molar-refractivity contribution in [3.8, 4) is 0 Å². The van der Waals surface area contributed by atoms with Gasteiger partial charge in [0.1, 0.15) is 6.04 Å². The number of ether oxygens (including phenoxy) is 1. The van der Waals surface area contributed by atoms with Crippen molar-refractivity contribution in [2.24, 2.45) is 0 Å². The molecule has 0 saturated heterocycles. The highest BCUT2D eigenvalue weighted by Gasteiger charge is 2.41. The Morgan fingerprint density at radius 1 is 0.862 bits per heavy atom. The lowest BCUT2D eigenvalue weighted by Gasteiger charge is -2.20. The lowest BCUT2D eigenvalue weighted by molar-refractivity contribution is -0.146. The third-order valence-electron chi connectivity index (χ3n) is 4.97. The predicted octanol–water partition coefficient (Wildman–Crippen LogP) is 3.25. The number of carbonyl (C=O) groups is 4. The molecule has 0 N–H and O–H groups in total. The highest BCUT2D eigenvalue weighted by atomic mass is 16.5. The molecule has 3 aromatic carbocycles. The first-order valence-electron chi connectivity index (χ1n) is 9.13. The van der Waals surface area contributed by atoms with E-state index >= 15 is 0 Å². The number of ketones is 1. The molecule has 1 aliphatic heterocycles. The first-order chi connectivity index (χ1) is 14.0. The molecule has 0 saturated carbocycles. The second kappa shape index (κ2) is 7.31. The minimum absolute atomic E-state index is 0.254. The Bertz CT molecular complexity index is 1130. The molecule has 6 nitrogen and oxygen atoms in total. The predicted molar refractivity (Wildman–Crippen MR) is 106 cm³/mol. The van der Waals surface area contributed by atoms with Gasteiger partial charge < -0.3 is 4.74 Å². The van der Waals surface area contributed by atoms with Gasteiger partial charge in [0.05, 0.1) is 11.1 Å². The molecule has 1 aliphatic rings. The molecular formula is C23H17NO5. The van der Waals surface area contributed by atoms with Crippen molar-refractivity contribution < 1.29 is 23.9 Å². The molecule has 1 unspecified atom stereocenters. The van der Waals surface area contributed by atoms with Crippen LogP contribution in [0.4, 0.5) is 0 Å². The molecule has 3 aromatic rings. The highest BCUT2D eigenvalue weighted by Crippen LogP contribution is 2.25. The van der Waals surface area contributed by atoms with Gasteiger partial charge in [-0.1, -0.05) is 48.5 Å². The summed E-state index contributed by atoms with van der Waals surface area (Å²) in [6, 6.07) is 18.1. The van der Waals surface area contributed by atoms with Gasteiger partial charge in [-0.3, -0.25) is 19.3 Å². The largest absolute Gasteiger partial charge is 0.456 e. The van der Waals surface area contributed by atoms with E-state index in [0.717, 1.165) is 15.7 Å². The van der Waals surface area contributed by atoms with Crippen LogP contribution in [-0.2, 0) is 9.53 Å². The minimum Gasteiger partial charge on any atom is -0.456 e. The third kappa shape index (κ3) is 3.29. The first kappa shape index (κ1) is 18.6. The van der Waals surface area contributed by atoms with E-state index in [-0.39, 0.29) is 16.9 Å². The molecule has 0 spiro atoms. The van der Waals surface area contributed by atoms with E-state index in [1.807, 2.05) is 30.3 Å². The standard InChI is InChI=1S/C23H17NO5/c1-14(24-21(26)18-8-4-5-9-19(18)22(24)27)23(28)29-13-20(25)17-11-10-15-6-2-3-7-16(15)12-17/h2-12,14H,13H2,1H3. The summed E-state index contributed by atoms with van der Waals surface area (Å²) in [5, 5.41) is 1.91. The van der Waals surface area contributed by atoms with E-state index in [0.29, 0.717) is 5.56 Å². The molecule has 1 heterocycles. The molecule has 0 aromatic heterocycles. The number of nitrogens with zero attached hydrogens (tertiary/aromatic N) is 1. The van der Waals surface area contributed by atoms with Crippen LogP contribution in [0.25, 0.3) is 10.8 Å².